The molecule has 10 heteroatoms. The van der Waals surface area contributed by atoms with Crippen LogP contribution in [0.4, 0.5) is 10.5 Å². The molecule has 2 aromatic rings. The molecule has 1 aliphatic heterocycles. The minimum absolute atomic E-state index is 0.0170. The fourth-order valence-corrected chi connectivity index (χ4v) is 3.81. The van der Waals surface area contributed by atoms with Gasteiger partial charge >= 0.3 is 16.1 Å². The van der Waals surface area contributed by atoms with Crippen LogP contribution >= 0.6 is 34.8 Å². The average Bonchev–Trinajstić information content (AvgIpc) is 2.98. The zero-order chi connectivity index (χ0) is 18.2. The summed E-state index contributed by atoms with van der Waals surface area (Å²) in [7, 11) is -4.12. The number of halogens is 3. The van der Waals surface area contributed by atoms with E-state index in [1.54, 1.807) is 0 Å². The van der Waals surface area contributed by atoms with Crippen LogP contribution in [0, 0.1) is 0 Å². The predicted octanol–water partition coefficient (Wildman–Crippen LogP) is 3.94. The van der Waals surface area contributed by atoms with Crippen molar-refractivity contribution in [1.29, 1.82) is 0 Å². The lowest BCUT2D eigenvalue weighted by atomic mass is 10.3. The van der Waals surface area contributed by atoms with Crippen LogP contribution in [0.3, 0.4) is 0 Å². The molecule has 0 aromatic heterocycles. The fourth-order valence-electron chi connectivity index (χ4n) is 2.25. The molecule has 3 rings (SSSR count). The highest BCUT2D eigenvalue weighted by Crippen LogP contribution is 2.35. The lowest BCUT2D eigenvalue weighted by molar-refractivity contribution is 0.252. The van der Waals surface area contributed by atoms with Crippen molar-refractivity contribution in [1.82, 2.24) is 5.32 Å². The first kappa shape index (κ1) is 18.1. The minimum atomic E-state index is -4.12. The molecule has 1 heterocycles. The van der Waals surface area contributed by atoms with Gasteiger partial charge in [0.2, 0.25) is 0 Å². The van der Waals surface area contributed by atoms with E-state index >= 15 is 0 Å². The molecule has 1 N–H and O–H groups in total. The van der Waals surface area contributed by atoms with E-state index in [2.05, 4.69) is 5.32 Å². The largest absolute Gasteiger partial charge is 0.377 e. The maximum Gasteiger partial charge on any atom is 0.339 e. The summed E-state index contributed by atoms with van der Waals surface area (Å²) in [6, 6.07) is 8.05. The topological polar surface area (TPSA) is 75.7 Å². The van der Waals surface area contributed by atoms with Gasteiger partial charge in [-0.15, -0.1) is 0 Å². The third kappa shape index (κ3) is 3.79. The molecule has 0 bridgehead atoms. The van der Waals surface area contributed by atoms with E-state index in [1.165, 1.54) is 41.3 Å². The number of urea groups is 1. The Morgan fingerprint density at radius 2 is 1.64 bits per heavy atom. The summed E-state index contributed by atoms with van der Waals surface area (Å²) in [5.41, 5.74) is 0.585. The van der Waals surface area contributed by atoms with Crippen molar-refractivity contribution in [3.05, 3.63) is 51.5 Å². The maximum absolute atomic E-state index is 12.4. The second-order valence-electron chi connectivity index (χ2n) is 5.11. The lowest BCUT2D eigenvalue weighted by Crippen LogP contribution is -2.27. The van der Waals surface area contributed by atoms with Crippen LogP contribution in [0.2, 0.25) is 15.1 Å². The van der Waals surface area contributed by atoms with Gasteiger partial charge in [-0.3, -0.25) is 4.90 Å². The summed E-state index contributed by atoms with van der Waals surface area (Å²) < 4.78 is 29.8. The van der Waals surface area contributed by atoms with Crippen molar-refractivity contribution in [2.24, 2.45) is 0 Å². The Balaban J connectivity index is 1.85. The van der Waals surface area contributed by atoms with Crippen LogP contribution in [-0.4, -0.2) is 27.5 Å². The number of rotatable bonds is 4. The van der Waals surface area contributed by atoms with E-state index in [9.17, 15) is 13.2 Å². The number of nitrogens with one attached hydrogen (secondary N) is 1. The summed E-state index contributed by atoms with van der Waals surface area (Å²) in [6.45, 7) is 1.05. The van der Waals surface area contributed by atoms with E-state index in [4.69, 9.17) is 39.0 Å². The van der Waals surface area contributed by atoms with E-state index in [-0.39, 0.29) is 31.7 Å². The Bertz CT molecular complexity index is 933. The van der Waals surface area contributed by atoms with Crippen LogP contribution in [0.5, 0.6) is 5.75 Å². The molecule has 0 atom stereocenters. The van der Waals surface area contributed by atoms with E-state index in [1.807, 2.05) is 0 Å². The summed E-state index contributed by atoms with van der Waals surface area (Å²) in [6.07, 6.45) is 0. The molecule has 1 aliphatic rings. The zero-order valence-corrected chi connectivity index (χ0v) is 15.6. The van der Waals surface area contributed by atoms with Gasteiger partial charge in [-0.1, -0.05) is 34.8 Å². The molecule has 1 saturated heterocycles. The van der Waals surface area contributed by atoms with Gasteiger partial charge in [0.15, 0.2) is 5.75 Å². The molecule has 132 valence electrons. The second-order valence-corrected chi connectivity index (χ2v) is 7.88. The van der Waals surface area contributed by atoms with Crippen LogP contribution in [0.25, 0.3) is 0 Å². The van der Waals surface area contributed by atoms with Gasteiger partial charge in [0.25, 0.3) is 0 Å². The van der Waals surface area contributed by atoms with Crippen molar-refractivity contribution in [3.63, 3.8) is 0 Å². The quantitative estimate of drug-likeness (QED) is 0.599. The minimum Gasteiger partial charge on any atom is -0.377 e. The van der Waals surface area contributed by atoms with Crippen LogP contribution < -0.4 is 14.4 Å². The molecule has 1 fully saturated rings. The summed E-state index contributed by atoms with van der Waals surface area (Å²) in [5.74, 6) is -0.126. The molecular weight excluding hydrogens is 411 g/mol. The number of carbonyl (C=O) groups excluding carboxylic acids is 1. The molecule has 0 aliphatic carbocycles. The van der Waals surface area contributed by atoms with Crippen molar-refractivity contribution < 1.29 is 17.4 Å². The Kier molecular flexibility index (Phi) is 5.02. The Labute approximate surface area is 159 Å². The van der Waals surface area contributed by atoms with Crippen molar-refractivity contribution in [2.75, 3.05) is 18.0 Å². The van der Waals surface area contributed by atoms with Crippen LogP contribution in [0.15, 0.2) is 41.3 Å². The van der Waals surface area contributed by atoms with Crippen molar-refractivity contribution in [2.45, 2.75) is 4.90 Å². The average molecular weight is 422 g/mol. The standard InChI is InChI=1S/C15H11Cl3N2O4S/c16-11-7-13(18)14(8-12(11)17)24-25(22,23)10-3-1-9(2-4-10)20-6-5-19-15(20)21/h1-4,7-8H,5-6H2,(H,19,21). The molecule has 0 spiro atoms. The number of carbonyl (C=O) groups is 1. The van der Waals surface area contributed by atoms with Gasteiger partial charge in [0.05, 0.1) is 15.1 Å². The maximum atomic E-state index is 12.4. The fraction of sp³-hybridized carbons (Fsp3) is 0.133. The molecule has 25 heavy (non-hydrogen) atoms. The SMILES string of the molecule is O=C1NCCN1c1ccc(S(=O)(=O)Oc2cc(Cl)c(Cl)cc2Cl)cc1. The van der Waals surface area contributed by atoms with E-state index < -0.39 is 10.1 Å². The second kappa shape index (κ2) is 6.92. The highest BCUT2D eigenvalue weighted by atomic mass is 35.5. The number of hydrogen-bond donors (Lipinski definition) is 1. The van der Waals surface area contributed by atoms with Crippen molar-refractivity contribution in [3.8, 4) is 5.75 Å². The first-order valence-corrected chi connectivity index (χ1v) is 9.56. The van der Waals surface area contributed by atoms with Gasteiger partial charge in [0.1, 0.15) is 4.90 Å². The normalized spacial score (nSPS) is 14.5. The number of hydrogen-bond acceptors (Lipinski definition) is 4. The Morgan fingerprint density at radius 1 is 1.00 bits per heavy atom. The molecular formula is C15H11Cl3N2O4S. The Hall–Kier alpha value is -1.67. The number of amides is 2. The monoisotopic (exact) mass is 420 g/mol. The third-order valence-electron chi connectivity index (χ3n) is 3.47. The molecule has 0 radical (unpaired) electrons. The van der Waals surface area contributed by atoms with Gasteiger partial charge in [-0.05, 0) is 30.3 Å². The van der Waals surface area contributed by atoms with Gasteiger partial charge < -0.3 is 9.50 Å². The number of anilines is 1. The lowest BCUT2D eigenvalue weighted by Gasteiger charge is -2.15. The third-order valence-corrected chi connectivity index (χ3v) is 5.73. The highest BCUT2D eigenvalue weighted by molar-refractivity contribution is 7.87. The predicted molar refractivity (Wildman–Crippen MR) is 96.5 cm³/mol. The molecule has 2 amide bonds. The first-order valence-electron chi connectivity index (χ1n) is 7.02. The smallest absolute Gasteiger partial charge is 0.339 e. The van der Waals surface area contributed by atoms with E-state index in [0.717, 1.165) is 0 Å². The zero-order valence-electron chi connectivity index (χ0n) is 12.5. The molecule has 0 saturated carbocycles. The van der Waals surface area contributed by atoms with Gasteiger partial charge in [-0.2, -0.15) is 8.42 Å². The van der Waals surface area contributed by atoms with E-state index in [0.29, 0.717) is 18.8 Å². The summed E-state index contributed by atoms with van der Waals surface area (Å²) >= 11 is 17.6. The molecule has 2 aromatic carbocycles. The van der Waals surface area contributed by atoms with Gasteiger partial charge in [0, 0.05) is 24.8 Å². The van der Waals surface area contributed by atoms with Gasteiger partial charge in [-0.25, -0.2) is 4.79 Å². The van der Waals surface area contributed by atoms with Crippen LogP contribution in [-0.2, 0) is 10.1 Å². The molecule has 0 unspecified atom stereocenters. The first-order chi connectivity index (χ1) is 11.8. The number of benzene rings is 2. The molecule has 6 nitrogen and oxygen atoms in total. The Morgan fingerprint density at radius 3 is 2.24 bits per heavy atom. The summed E-state index contributed by atoms with van der Waals surface area (Å²) in [4.78, 5) is 13.1. The number of nitrogens with zero attached hydrogens (tertiary/aromatic N) is 1. The highest BCUT2D eigenvalue weighted by Gasteiger charge is 2.23. The van der Waals surface area contributed by atoms with Crippen molar-refractivity contribution >= 4 is 56.6 Å². The summed E-state index contributed by atoms with van der Waals surface area (Å²) in [5, 5.41) is 2.99. The van der Waals surface area contributed by atoms with Crippen LogP contribution in [0.1, 0.15) is 0 Å².